The van der Waals surface area contributed by atoms with E-state index in [2.05, 4.69) is 4.98 Å². The lowest BCUT2D eigenvalue weighted by Crippen LogP contribution is -2.10. The Bertz CT molecular complexity index is 409. The van der Waals surface area contributed by atoms with Crippen LogP contribution in [0.3, 0.4) is 0 Å². The quantitative estimate of drug-likeness (QED) is 0.572. The minimum atomic E-state index is -4.55. The van der Waals surface area contributed by atoms with E-state index in [1.54, 1.807) is 6.26 Å². The molecule has 16 heavy (non-hydrogen) atoms. The summed E-state index contributed by atoms with van der Waals surface area (Å²) in [5, 5.41) is -0.272. The summed E-state index contributed by atoms with van der Waals surface area (Å²) >= 11 is 13.4. The van der Waals surface area contributed by atoms with Crippen molar-refractivity contribution in [1.29, 1.82) is 0 Å². The van der Waals surface area contributed by atoms with Gasteiger partial charge in [-0.15, -0.1) is 23.5 Å². The maximum absolute atomic E-state index is 12.7. The second kappa shape index (κ2) is 5.25. The number of alkyl halides is 3. The molecule has 90 valence electrons. The molecule has 0 aliphatic carbocycles. The summed E-state index contributed by atoms with van der Waals surface area (Å²) < 4.78 is 38.1. The fourth-order valence-corrected chi connectivity index (χ4v) is 3.28. The van der Waals surface area contributed by atoms with Gasteiger partial charge in [-0.1, -0.05) is 23.2 Å². The van der Waals surface area contributed by atoms with Gasteiger partial charge in [0.15, 0.2) is 0 Å². The lowest BCUT2D eigenvalue weighted by molar-refractivity contribution is -0.139. The molecule has 1 aromatic rings. The molecule has 0 aromatic carbocycles. The molecule has 0 radical (unpaired) electrons. The van der Waals surface area contributed by atoms with Crippen LogP contribution < -0.4 is 0 Å². The zero-order valence-corrected chi connectivity index (χ0v) is 11.3. The van der Waals surface area contributed by atoms with Crippen LogP contribution in [0, 0.1) is 0 Å². The average molecular weight is 308 g/mol. The second-order valence-electron chi connectivity index (χ2n) is 2.63. The molecule has 1 nitrogen and oxygen atoms in total. The SMILES string of the molecule is CSc1nc(Cl)c(C(F)(F)F)c(SC)c1Cl. The van der Waals surface area contributed by atoms with Gasteiger partial charge < -0.3 is 0 Å². The normalized spacial score (nSPS) is 11.9. The number of rotatable bonds is 2. The zero-order chi connectivity index (χ0) is 12.5. The first kappa shape index (κ1) is 14.3. The van der Waals surface area contributed by atoms with Gasteiger partial charge in [0.05, 0.1) is 5.02 Å². The van der Waals surface area contributed by atoms with Crippen LogP contribution in [0.15, 0.2) is 9.92 Å². The van der Waals surface area contributed by atoms with Crippen molar-refractivity contribution in [2.24, 2.45) is 0 Å². The average Bonchev–Trinajstić information content (AvgIpc) is 2.18. The minimum Gasteiger partial charge on any atom is -0.227 e. The Morgan fingerprint density at radius 2 is 1.69 bits per heavy atom. The van der Waals surface area contributed by atoms with Crippen LogP contribution in [0.2, 0.25) is 10.2 Å². The first-order valence-corrected chi connectivity index (χ1v) is 7.07. The highest BCUT2D eigenvalue weighted by atomic mass is 35.5. The molecule has 8 heteroatoms. The van der Waals surface area contributed by atoms with E-state index >= 15 is 0 Å². The molecular weight excluding hydrogens is 302 g/mol. The lowest BCUT2D eigenvalue weighted by Gasteiger charge is -2.15. The molecule has 1 heterocycles. The molecule has 0 fully saturated rings. The first-order valence-electron chi connectivity index (χ1n) is 3.87. The minimum absolute atomic E-state index is 0.00303. The molecule has 0 unspecified atom stereocenters. The molecule has 0 aliphatic heterocycles. The summed E-state index contributed by atoms with van der Waals surface area (Å²) in [5.74, 6) is 0. The largest absolute Gasteiger partial charge is 0.420 e. The molecular formula is C8H6Cl2F3NS2. The summed E-state index contributed by atoms with van der Waals surface area (Å²) in [5.41, 5.74) is -0.968. The zero-order valence-electron chi connectivity index (χ0n) is 8.15. The number of pyridine rings is 1. The van der Waals surface area contributed by atoms with Crippen LogP contribution in [0.4, 0.5) is 13.2 Å². The van der Waals surface area contributed by atoms with Crippen molar-refractivity contribution in [2.75, 3.05) is 12.5 Å². The highest BCUT2D eigenvalue weighted by Gasteiger charge is 2.38. The van der Waals surface area contributed by atoms with Crippen LogP contribution in [0.25, 0.3) is 0 Å². The number of hydrogen-bond donors (Lipinski definition) is 0. The Balaban J connectivity index is 3.56. The van der Waals surface area contributed by atoms with Crippen molar-refractivity contribution >= 4 is 46.7 Å². The van der Waals surface area contributed by atoms with E-state index in [4.69, 9.17) is 23.2 Å². The third-order valence-corrected chi connectivity index (χ3v) is 4.07. The van der Waals surface area contributed by atoms with Crippen molar-refractivity contribution in [2.45, 2.75) is 16.1 Å². The van der Waals surface area contributed by atoms with Crippen LogP contribution >= 0.6 is 46.7 Å². The molecule has 1 rings (SSSR count). The number of aromatic nitrogens is 1. The van der Waals surface area contributed by atoms with Crippen molar-refractivity contribution in [3.05, 3.63) is 15.7 Å². The number of halogens is 5. The molecule has 0 N–H and O–H groups in total. The van der Waals surface area contributed by atoms with Gasteiger partial charge in [0.2, 0.25) is 0 Å². The van der Waals surface area contributed by atoms with Gasteiger partial charge >= 0.3 is 6.18 Å². The molecule has 0 aliphatic rings. The summed E-state index contributed by atoms with van der Waals surface area (Å²) in [4.78, 5) is 3.54. The van der Waals surface area contributed by atoms with Crippen LogP contribution in [-0.4, -0.2) is 17.5 Å². The Labute approximate surface area is 109 Å². The molecule has 0 saturated carbocycles. The monoisotopic (exact) mass is 307 g/mol. The Morgan fingerprint density at radius 1 is 1.12 bits per heavy atom. The highest BCUT2D eigenvalue weighted by Crippen LogP contribution is 2.45. The fourth-order valence-electron chi connectivity index (χ4n) is 1.07. The standard InChI is InChI=1S/C8H6Cl2F3NS2/c1-15-5-3(8(11,12)13)6(10)14-7(16-2)4(5)9/h1-2H3. The number of hydrogen-bond acceptors (Lipinski definition) is 3. The van der Waals surface area contributed by atoms with E-state index in [1.807, 2.05) is 0 Å². The third-order valence-electron chi connectivity index (χ3n) is 1.70. The topological polar surface area (TPSA) is 12.9 Å². The van der Waals surface area contributed by atoms with Crippen molar-refractivity contribution in [3.8, 4) is 0 Å². The van der Waals surface area contributed by atoms with Crippen LogP contribution in [0.5, 0.6) is 0 Å². The van der Waals surface area contributed by atoms with E-state index in [9.17, 15) is 13.2 Å². The second-order valence-corrected chi connectivity index (χ2v) is 4.98. The smallest absolute Gasteiger partial charge is 0.227 e. The van der Waals surface area contributed by atoms with Gasteiger partial charge in [-0.25, -0.2) is 4.98 Å². The van der Waals surface area contributed by atoms with E-state index < -0.39 is 16.9 Å². The lowest BCUT2D eigenvalue weighted by atomic mass is 10.3. The van der Waals surface area contributed by atoms with Crippen molar-refractivity contribution in [1.82, 2.24) is 4.98 Å². The Kier molecular flexibility index (Phi) is 4.68. The van der Waals surface area contributed by atoms with E-state index in [0.717, 1.165) is 23.5 Å². The number of nitrogens with zero attached hydrogens (tertiary/aromatic N) is 1. The fraction of sp³-hybridized carbons (Fsp3) is 0.375. The summed E-state index contributed by atoms with van der Waals surface area (Å²) in [6.07, 6.45) is -1.37. The first-order chi connectivity index (χ1) is 7.32. The molecule has 0 spiro atoms. The molecule has 0 saturated heterocycles. The Morgan fingerprint density at radius 3 is 2.06 bits per heavy atom. The third kappa shape index (κ3) is 2.72. The van der Waals surface area contributed by atoms with E-state index in [1.165, 1.54) is 6.26 Å². The summed E-state index contributed by atoms with van der Waals surface area (Å²) in [7, 11) is 0. The summed E-state index contributed by atoms with van der Waals surface area (Å²) in [6.45, 7) is 0. The maximum atomic E-state index is 12.7. The van der Waals surface area contributed by atoms with Gasteiger partial charge in [0.1, 0.15) is 15.7 Å². The van der Waals surface area contributed by atoms with Crippen LogP contribution in [-0.2, 0) is 6.18 Å². The van der Waals surface area contributed by atoms with E-state index in [0.29, 0.717) is 5.03 Å². The van der Waals surface area contributed by atoms with Crippen molar-refractivity contribution < 1.29 is 13.2 Å². The number of thioether (sulfide) groups is 2. The highest BCUT2D eigenvalue weighted by molar-refractivity contribution is 7.99. The van der Waals surface area contributed by atoms with E-state index in [-0.39, 0.29) is 9.92 Å². The molecule has 0 bridgehead atoms. The molecule has 0 atom stereocenters. The molecule has 0 amide bonds. The Hall–Kier alpha value is 0.220. The van der Waals surface area contributed by atoms with Gasteiger partial charge in [0.25, 0.3) is 0 Å². The van der Waals surface area contributed by atoms with Gasteiger partial charge in [0, 0.05) is 4.90 Å². The predicted molar refractivity (Wildman–Crippen MR) is 62.8 cm³/mol. The van der Waals surface area contributed by atoms with Crippen molar-refractivity contribution in [3.63, 3.8) is 0 Å². The maximum Gasteiger partial charge on any atom is 0.420 e. The summed E-state index contributed by atoms with van der Waals surface area (Å²) in [6, 6.07) is 0. The van der Waals surface area contributed by atoms with Gasteiger partial charge in [-0.05, 0) is 12.5 Å². The van der Waals surface area contributed by atoms with Crippen LogP contribution in [0.1, 0.15) is 5.56 Å². The predicted octanol–water partition coefficient (Wildman–Crippen LogP) is 4.85. The van der Waals surface area contributed by atoms with Gasteiger partial charge in [-0.3, -0.25) is 0 Å². The molecule has 1 aromatic heterocycles. The van der Waals surface area contributed by atoms with Gasteiger partial charge in [-0.2, -0.15) is 13.2 Å².